The lowest BCUT2D eigenvalue weighted by molar-refractivity contribution is 0.0957. The Bertz CT molecular complexity index is 716. The molecule has 0 N–H and O–H groups in total. The van der Waals surface area contributed by atoms with Gasteiger partial charge in [0.15, 0.2) is 0 Å². The summed E-state index contributed by atoms with van der Waals surface area (Å²) >= 11 is 5.93. The highest BCUT2D eigenvalue weighted by molar-refractivity contribution is 6.31. The normalized spacial score (nSPS) is 10.5. The number of benzene rings is 1. The molecule has 2 aromatic rings. The fraction of sp³-hybridized carbons (Fsp3) is 0.267. The molecule has 5 nitrogen and oxygen atoms in total. The van der Waals surface area contributed by atoms with Gasteiger partial charge in [0.25, 0.3) is 5.91 Å². The van der Waals surface area contributed by atoms with Crippen molar-refractivity contribution in [3.05, 3.63) is 46.3 Å². The van der Waals surface area contributed by atoms with Gasteiger partial charge >= 0.3 is 0 Å². The number of rotatable bonds is 3. The Kier molecular flexibility index (Phi) is 4.29. The van der Waals surface area contributed by atoms with E-state index in [4.69, 9.17) is 21.4 Å². The van der Waals surface area contributed by atoms with E-state index in [0.29, 0.717) is 22.0 Å². The van der Waals surface area contributed by atoms with E-state index in [0.717, 1.165) is 0 Å². The Morgan fingerprint density at radius 1 is 1.43 bits per heavy atom. The Balaban J connectivity index is 2.35. The second-order valence-electron chi connectivity index (χ2n) is 4.91. The van der Waals surface area contributed by atoms with Crippen molar-refractivity contribution >= 4 is 23.2 Å². The van der Waals surface area contributed by atoms with Crippen LogP contribution in [0.4, 0.5) is 5.69 Å². The molecular formula is C15H14ClN3O2. The van der Waals surface area contributed by atoms with Crippen LogP contribution in [0.3, 0.4) is 0 Å². The smallest absolute Gasteiger partial charge is 0.296 e. The molecule has 0 bridgehead atoms. The van der Waals surface area contributed by atoms with Crippen molar-refractivity contribution in [1.29, 1.82) is 5.26 Å². The van der Waals surface area contributed by atoms with Gasteiger partial charge in [-0.3, -0.25) is 4.79 Å². The minimum atomic E-state index is -0.381. The third-order valence-corrected chi connectivity index (χ3v) is 3.31. The fourth-order valence-corrected chi connectivity index (χ4v) is 1.98. The van der Waals surface area contributed by atoms with E-state index in [2.05, 4.69) is 5.16 Å². The van der Waals surface area contributed by atoms with Gasteiger partial charge in [0, 0.05) is 18.1 Å². The zero-order chi connectivity index (χ0) is 15.6. The van der Waals surface area contributed by atoms with Crippen LogP contribution in [0, 0.1) is 11.3 Å². The standard InChI is InChI=1S/C15H14ClN3O2/c1-9(2)12-7-14(21-18-12)15(20)19(3)13-6-11(16)5-4-10(13)8-17/h4-7,9H,1-3H3. The number of nitrogens with zero attached hydrogens (tertiary/aromatic N) is 3. The summed E-state index contributed by atoms with van der Waals surface area (Å²) in [7, 11) is 1.56. The lowest BCUT2D eigenvalue weighted by Crippen LogP contribution is -2.26. The van der Waals surface area contributed by atoms with Gasteiger partial charge in [-0.15, -0.1) is 0 Å². The monoisotopic (exact) mass is 303 g/mol. The van der Waals surface area contributed by atoms with E-state index in [1.54, 1.807) is 31.3 Å². The van der Waals surface area contributed by atoms with Crippen LogP contribution in [0.5, 0.6) is 0 Å². The molecule has 0 atom stereocenters. The third kappa shape index (κ3) is 3.06. The number of hydrogen-bond acceptors (Lipinski definition) is 4. The van der Waals surface area contributed by atoms with Crippen LogP contribution in [0.1, 0.15) is 41.6 Å². The first-order valence-corrected chi connectivity index (χ1v) is 6.76. The number of amides is 1. The first-order chi connectivity index (χ1) is 9.93. The van der Waals surface area contributed by atoms with Gasteiger partial charge < -0.3 is 9.42 Å². The molecule has 0 saturated heterocycles. The lowest BCUT2D eigenvalue weighted by atomic mass is 10.1. The Hall–Kier alpha value is -2.32. The molecule has 6 heteroatoms. The van der Waals surface area contributed by atoms with Crippen LogP contribution in [-0.4, -0.2) is 18.1 Å². The predicted octanol–water partition coefficient (Wildman–Crippen LogP) is 3.60. The van der Waals surface area contributed by atoms with E-state index in [1.165, 1.54) is 4.90 Å². The molecule has 108 valence electrons. The van der Waals surface area contributed by atoms with Crippen LogP contribution < -0.4 is 4.90 Å². The molecule has 1 aromatic carbocycles. The van der Waals surface area contributed by atoms with Gasteiger partial charge in [-0.2, -0.15) is 5.26 Å². The van der Waals surface area contributed by atoms with Crippen molar-refractivity contribution in [3.8, 4) is 6.07 Å². The van der Waals surface area contributed by atoms with E-state index in [1.807, 2.05) is 19.9 Å². The van der Waals surface area contributed by atoms with Crippen molar-refractivity contribution < 1.29 is 9.32 Å². The lowest BCUT2D eigenvalue weighted by Gasteiger charge is -2.17. The van der Waals surface area contributed by atoms with Gasteiger partial charge in [-0.05, 0) is 24.1 Å². The van der Waals surface area contributed by atoms with Gasteiger partial charge in [-0.1, -0.05) is 30.6 Å². The predicted molar refractivity (Wildman–Crippen MR) is 79.5 cm³/mol. The van der Waals surface area contributed by atoms with E-state index >= 15 is 0 Å². The van der Waals surface area contributed by atoms with Gasteiger partial charge in [0.2, 0.25) is 5.76 Å². The molecule has 0 unspecified atom stereocenters. The summed E-state index contributed by atoms with van der Waals surface area (Å²) in [6.45, 7) is 3.92. The Morgan fingerprint density at radius 3 is 2.71 bits per heavy atom. The number of carbonyl (C=O) groups is 1. The molecule has 1 heterocycles. The van der Waals surface area contributed by atoms with Gasteiger partial charge in [-0.25, -0.2) is 0 Å². The summed E-state index contributed by atoms with van der Waals surface area (Å²) in [6.07, 6.45) is 0. The molecule has 0 aliphatic rings. The first kappa shape index (κ1) is 15.1. The van der Waals surface area contributed by atoms with E-state index in [9.17, 15) is 4.79 Å². The van der Waals surface area contributed by atoms with Crippen LogP contribution >= 0.6 is 11.6 Å². The van der Waals surface area contributed by atoms with Crippen LogP contribution in [0.2, 0.25) is 5.02 Å². The van der Waals surface area contributed by atoms with Gasteiger partial charge in [0.1, 0.15) is 6.07 Å². The molecule has 0 saturated carbocycles. The number of aromatic nitrogens is 1. The van der Waals surface area contributed by atoms with Crippen molar-refractivity contribution in [2.24, 2.45) is 0 Å². The summed E-state index contributed by atoms with van der Waals surface area (Å²) in [6, 6.07) is 8.39. The number of nitriles is 1. The Morgan fingerprint density at radius 2 is 2.14 bits per heavy atom. The van der Waals surface area contributed by atoms with E-state index < -0.39 is 0 Å². The van der Waals surface area contributed by atoms with Crippen molar-refractivity contribution in [1.82, 2.24) is 5.16 Å². The topological polar surface area (TPSA) is 70.1 Å². The SMILES string of the molecule is CC(C)c1cc(C(=O)N(C)c2cc(Cl)ccc2C#N)on1. The van der Waals surface area contributed by atoms with Crippen LogP contribution in [0.25, 0.3) is 0 Å². The maximum atomic E-state index is 12.4. The summed E-state index contributed by atoms with van der Waals surface area (Å²) < 4.78 is 5.08. The Labute approximate surface area is 127 Å². The fourth-order valence-electron chi connectivity index (χ4n) is 1.81. The highest BCUT2D eigenvalue weighted by Gasteiger charge is 2.21. The van der Waals surface area contributed by atoms with Gasteiger partial charge in [0.05, 0.1) is 16.9 Å². The number of anilines is 1. The number of hydrogen-bond donors (Lipinski definition) is 0. The summed E-state index contributed by atoms with van der Waals surface area (Å²) in [4.78, 5) is 13.7. The molecule has 2 rings (SSSR count). The zero-order valence-electron chi connectivity index (χ0n) is 11.9. The van der Waals surface area contributed by atoms with Crippen LogP contribution in [-0.2, 0) is 0 Å². The first-order valence-electron chi connectivity index (χ1n) is 6.38. The molecule has 21 heavy (non-hydrogen) atoms. The molecule has 0 aliphatic carbocycles. The molecule has 0 aliphatic heterocycles. The third-order valence-electron chi connectivity index (χ3n) is 3.08. The van der Waals surface area contributed by atoms with Crippen molar-refractivity contribution in [2.75, 3.05) is 11.9 Å². The quantitative estimate of drug-likeness (QED) is 0.868. The second kappa shape index (κ2) is 5.98. The molecule has 0 spiro atoms. The van der Waals surface area contributed by atoms with Crippen molar-refractivity contribution in [3.63, 3.8) is 0 Å². The number of carbonyl (C=O) groups excluding carboxylic acids is 1. The highest BCUT2D eigenvalue weighted by Crippen LogP contribution is 2.25. The van der Waals surface area contributed by atoms with E-state index in [-0.39, 0.29) is 17.6 Å². The molecular weight excluding hydrogens is 290 g/mol. The largest absolute Gasteiger partial charge is 0.351 e. The summed E-state index contributed by atoms with van der Waals surface area (Å²) in [5.74, 6) is -0.0836. The minimum Gasteiger partial charge on any atom is -0.351 e. The minimum absolute atomic E-state index is 0.130. The number of halogens is 1. The average Bonchev–Trinajstić information content (AvgIpc) is 2.95. The molecule has 1 aromatic heterocycles. The summed E-state index contributed by atoms with van der Waals surface area (Å²) in [5.41, 5.74) is 1.50. The molecule has 1 amide bonds. The second-order valence-corrected chi connectivity index (χ2v) is 5.34. The van der Waals surface area contributed by atoms with Crippen molar-refractivity contribution in [2.45, 2.75) is 19.8 Å². The molecule has 0 fully saturated rings. The molecule has 0 radical (unpaired) electrons. The average molecular weight is 304 g/mol. The maximum absolute atomic E-state index is 12.4. The van der Waals surface area contributed by atoms with Crippen LogP contribution in [0.15, 0.2) is 28.8 Å². The summed E-state index contributed by atoms with van der Waals surface area (Å²) in [5, 5.41) is 13.4. The highest BCUT2D eigenvalue weighted by atomic mass is 35.5. The maximum Gasteiger partial charge on any atom is 0.296 e. The zero-order valence-corrected chi connectivity index (χ0v) is 12.7.